The Morgan fingerprint density at radius 1 is 1.09 bits per heavy atom. The Bertz CT molecular complexity index is 1230. The van der Waals surface area contributed by atoms with Gasteiger partial charge in [0.2, 0.25) is 0 Å². The number of aliphatic hydroxyl groups excluding tert-OH is 2. The van der Waals surface area contributed by atoms with Gasteiger partial charge in [-0.15, -0.1) is 11.3 Å². The number of aliphatic hydroxyl groups is 2. The van der Waals surface area contributed by atoms with Crippen LogP contribution in [0.4, 0.5) is 0 Å². The van der Waals surface area contributed by atoms with E-state index in [0.29, 0.717) is 17.4 Å². The van der Waals surface area contributed by atoms with Crippen LogP contribution in [0.5, 0.6) is 5.75 Å². The lowest BCUT2D eigenvalue weighted by Gasteiger charge is -2.17. The molecule has 0 radical (unpaired) electrons. The number of benzene rings is 2. The molecule has 0 aliphatic carbocycles. The van der Waals surface area contributed by atoms with Gasteiger partial charge in [-0.25, -0.2) is 9.97 Å². The number of aryl methyl sites for hydroxylation is 1. The van der Waals surface area contributed by atoms with E-state index in [4.69, 9.17) is 21.1 Å². The third-order valence-electron chi connectivity index (χ3n) is 5.61. The van der Waals surface area contributed by atoms with E-state index in [1.807, 2.05) is 60.8 Å². The predicted octanol–water partition coefficient (Wildman–Crippen LogP) is 4.54. The largest absolute Gasteiger partial charge is 0.487 e. The molecule has 170 valence electrons. The maximum Gasteiger partial charge on any atom is 0.164 e. The first-order chi connectivity index (χ1) is 16.0. The van der Waals surface area contributed by atoms with Gasteiger partial charge in [-0.1, -0.05) is 35.9 Å². The Labute approximate surface area is 199 Å². The van der Waals surface area contributed by atoms with Crippen LogP contribution in [0.15, 0.2) is 66.4 Å². The monoisotopic (exact) mass is 483 g/mol. The quantitative estimate of drug-likeness (QED) is 0.418. The van der Waals surface area contributed by atoms with E-state index in [1.165, 1.54) is 0 Å². The van der Waals surface area contributed by atoms with Gasteiger partial charge in [0.25, 0.3) is 0 Å². The summed E-state index contributed by atoms with van der Waals surface area (Å²) in [5.74, 6) is 0.676. The lowest BCUT2D eigenvalue weighted by atomic mass is 10.0. The maximum absolute atomic E-state index is 10.5. The second-order valence-electron chi connectivity index (χ2n) is 7.88. The zero-order valence-corrected chi connectivity index (χ0v) is 19.3. The van der Waals surface area contributed by atoms with Gasteiger partial charge in [-0.05, 0) is 36.8 Å². The van der Waals surface area contributed by atoms with Gasteiger partial charge in [0.1, 0.15) is 35.7 Å². The molecule has 0 bridgehead atoms. The Balaban J connectivity index is 1.22. The fourth-order valence-corrected chi connectivity index (χ4v) is 4.75. The van der Waals surface area contributed by atoms with Gasteiger partial charge in [0.15, 0.2) is 6.23 Å². The van der Waals surface area contributed by atoms with Crippen molar-refractivity contribution in [1.29, 1.82) is 0 Å². The number of aromatic nitrogens is 3. The lowest BCUT2D eigenvalue weighted by Crippen LogP contribution is -2.29. The number of halogens is 1. The van der Waals surface area contributed by atoms with Crippen molar-refractivity contribution >= 4 is 22.9 Å². The molecule has 1 fully saturated rings. The first-order valence-corrected chi connectivity index (χ1v) is 11.7. The molecule has 0 saturated carbocycles. The molecule has 4 atom stereocenters. The Morgan fingerprint density at radius 2 is 1.85 bits per heavy atom. The summed E-state index contributed by atoms with van der Waals surface area (Å²) in [6, 6.07) is 14.9. The summed E-state index contributed by atoms with van der Waals surface area (Å²) >= 11 is 7.51. The maximum atomic E-state index is 10.5. The highest BCUT2D eigenvalue weighted by Crippen LogP contribution is 2.39. The van der Waals surface area contributed by atoms with Crippen LogP contribution in [0.25, 0.3) is 10.6 Å². The van der Waals surface area contributed by atoms with E-state index in [9.17, 15) is 10.2 Å². The minimum absolute atomic E-state index is 0.340. The van der Waals surface area contributed by atoms with Crippen molar-refractivity contribution < 1.29 is 19.7 Å². The van der Waals surface area contributed by atoms with Crippen LogP contribution in [0, 0.1) is 6.92 Å². The van der Waals surface area contributed by atoms with Gasteiger partial charge in [0, 0.05) is 27.9 Å². The van der Waals surface area contributed by atoms with Crippen molar-refractivity contribution in [2.45, 2.75) is 38.1 Å². The van der Waals surface area contributed by atoms with Gasteiger partial charge in [0.05, 0.1) is 12.0 Å². The molecular weight excluding hydrogens is 462 g/mol. The van der Waals surface area contributed by atoms with Crippen molar-refractivity contribution in [3.63, 3.8) is 0 Å². The summed E-state index contributed by atoms with van der Waals surface area (Å²) in [6.45, 7) is 2.21. The lowest BCUT2D eigenvalue weighted by molar-refractivity contribution is -0.0390. The molecule has 1 aliphatic heterocycles. The van der Waals surface area contributed by atoms with Crippen molar-refractivity contribution in [3.8, 4) is 16.3 Å². The molecule has 3 heterocycles. The zero-order chi connectivity index (χ0) is 22.9. The van der Waals surface area contributed by atoms with Crippen LogP contribution in [-0.2, 0) is 11.3 Å². The third kappa shape index (κ3) is 4.53. The van der Waals surface area contributed by atoms with E-state index in [1.54, 1.807) is 28.4 Å². The summed E-state index contributed by atoms with van der Waals surface area (Å²) < 4.78 is 13.6. The van der Waals surface area contributed by atoms with E-state index in [0.717, 1.165) is 27.5 Å². The number of hydrogen-bond acceptors (Lipinski definition) is 7. The first-order valence-electron chi connectivity index (χ1n) is 10.4. The minimum atomic E-state index is -1.06. The Kier molecular flexibility index (Phi) is 6.18. The second-order valence-corrected chi connectivity index (χ2v) is 9.17. The Hall–Kier alpha value is -2.75. The number of ether oxygens (including phenoxy) is 2. The summed E-state index contributed by atoms with van der Waals surface area (Å²) in [5, 5.41) is 24.6. The Morgan fingerprint density at radius 3 is 2.55 bits per heavy atom. The average molecular weight is 484 g/mol. The van der Waals surface area contributed by atoms with E-state index < -0.39 is 24.5 Å². The van der Waals surface area contributed by atoms with Crippen molar-refractivity contribution in [2.75, 3.05) is 0 Å². The number of hydrogen-bond donors (Lipinski definition) is 2. The second kappa shape index (κ2) is 9.24. The van der Waals surface area contributed by atoms with Crippen molar-refractivity contribution in [2.24, 2.45) is 0 Å². The minimum Gasteiger partial charge on any atom is -0.487 e. The first kappa shape index (κ1) is 22.1. The molecule has 0 unspecified atom stereocenters. The molecule has 2 aromatic heterocycles. The van der Waals surface area contributed by atoms with Crippen LogP contribution < -0.4 is 4.74 Å². The molecule has 7 nitrogen and oxygen atoms in total. The number of imidazole rings is 1. The average Bonchev–Trinajstić information content (AvgIpc) is 3.54. The number of rotatable bonds is 6. The molecule has 0 amide bonds. The molecular formula is C24H22ClN3O4S. The van der Waals surface area contributed by atoms with Gasteiger partial charge < -0.3 is 24.3 Å². The fourth-order valence-electron chi connectivity index (χ4n) is 3.81. The SMILES string of the molecule is Cc1cncn1[C@@H]1O[C@H](c2ccc(OCc3csc(-c4ccc(Cl)cc4)n3)cc2)[C@H](O)[C@@H]1O. The fraction of sp³-hybridized carbons (Fsp3) is 0.250. The van der Waals surface area contributed by atoms with Gasteiger partial charge in [-0.3, -0.25) is 0 Å². The predicted molar refractivity (Wildman–Crippen MR) is 125 cm³/mol. The standard InChI is InChI=1S/C24H22ClN3O4S/c1-14-10-26-13-28(14)24-21(30)20(29)22(32-24)15-4-8-19(9-5-15)31-11-18-12-33-23(27-18)16-2-6-17(25)7-3-16/h2-10,12-13,20-22,24,29-30H,11H2,1H3/t20-,21+,22-,24-/m1/s1. The topological polar surface area (TPSA) is 89.6 Å². The summed E-state index contributed by atoms with van der Waals surface area (Å²) in [6.07, 6.45) is -0.179. The summed E-state index contributed by atoms with van der Waals surface area (Å²) in [7, 11) is 0. The normalized spacial score (nSPS) is 22.5. The molecule has 1 aliphatic rings. The van der Waals surface area contributed by atoms with Crippen LogP contribution in [-0.4, -0.2) is 37.0 Å². The van der Waals surface area contributed by atoms with E-state index in [-0.39, 0.29) is 0 Å². The van der Waals surface area contributed by atoms with Crippen LogP contribution in [0.2, 0.25) is 5.02 Å². The highest BCUT2D eigenvalue weighted by molar-refractivity contribution is 7.13. The number of thiazole rings is 1. The van der Waals surface area contributed by atoms with Gasteiger partial charge in [-0.2, -0.15) is 0 Å². The molecule has 1 saturated heterocycles. The number of nitrogens with zero attached hydrogens (tertiary/aromatic N) is 3. The van der Waals surface area contributed by atoms with Crippen LogP contribution in [0.3, 0.4) is 0 Å². The van der Waals surface area contributed by atoms with Crippen molar-refractivity contribution in [1.82, 2.24) is 14.5 Å². The molecule has 9 heteroatoms. The molecule has 33 heavy (non-hydrogen) atoms. The van der Waals surface area contributed by atoms with Gasteiger partial charge >= 0.3 is 0 Å². The summed E-state index contributed by atoms with van der Waals surface area (Å²) in [4.78, 5) is 8.69. The zero-order valence-electron chi connectivity index (χ0n) is 17.7. The molecule has 2 N–H and O–H groups in total. The molecule has 2 aromatic carbocycles. The molecule has 5 rings (SSSR count). The van der Waals surface area contributed by atoms with E-state index >= 15 is 0 Å². The molecule has 0 spiro atoms. The third-order valence-corrected chi connectivity index (χ3v) is 6.80. The highest BCUT2D eigenvalue weighted by Gasteiger charge is 2.44. The smallest absolute Gasteiger partial charge is 0.164 e. The van der Waals surface area contributed by atoms with Crippen LogP contribution in [0.1, 0.15) is 29.3 Å². The van der Waals surface area contributed by atoms with Crippen LogP contribution >= 0.6 is 22.9 Å². The van der Waals surface area contributed by atoms with Crippen molar-refractivity contribution in [3.05, 3.63) is 88.4 Å². The highest BCUT2D eigenvalue weighted by atomic mass is 35.5. The van der Waals surface area contributed by atoms with E-state index in [2.05, 4.69) is 9.97 Å². The summed E-state index contributed by atoms with van der Waals surface area (Å²) in [5.41, 5.74) is 3.46. The molecule has 4 aromatic rings.